The first-order valence-corrected chi connectivity index (χ1v) is 33.0. The molecule has 0 aliphatic heterocycles. The zero-order valence-corrected chi connectivity index (χ0v) is 52.2. The first-order valence-electron chi connectivity index (χ1n) is 33.0. The molecule has 6 heteroatoms. The number of esters is 3. The van der Waals surface area contributed by atoms with Crippen LogP contribution in [-0.2, 0) is 28.6 Å². The molecule has 1 atom stereocenters. The fourth-order valence-electron chi connectivity index (χ4n) is 8.69. The third kappa shape index (κ3) is 65.7. The summed E-state index contributed by atoms with van der Waals surface area (Å²) in [6.45, 7) is 6.25. The Hall–Kier alpha value is -4.97. The van der Waals surface area contributed by atoms with Gasteiger partial charge in [0.15, 0.2) is 6.10 Å². The maximum atomic E-state index is 12.9. The number of hydrogen-bond acceptors (Lipinski definition) is 6. The van der Waals surface area contributed by atoms with Crippen molar-refractivity contribution in [1.29, 1.82) is 0 Å². The van der Waals surface area contributed by atoms with Crippen LogP contribution < -0.4 is 0 Å². The Bertz CT molecular complexity index is 1810. The molecule has 0 aliphatic rings. The minimum absolute atomic E-state index is 0.105. The van der Waals surface area contributed by atoms with E-state index in [2.05, 4.69) is 179 Å². The molecule has 0 amide bonds. The van der Waals surface area contributed by atoms with Gasteiger partial charge >= 0.3 is 17.9 Å². The fraction of sp³-hybridized carbons (Fsp3) is 0.613. The van der Waals surface area contributed by atoms with Gasteiger partial charge in [-0.3, -0.25) is 14.4 Å². The third-order valence-corrected chi connectivity index (χ3v) is 13.5. The summed E-state index contributed by atoms with van der Waals surface area (Å²) in [6, 6.07) is 0. The van der Waals surface area contributed by atoms with Crippen LogP contribution in [0.2, 0.25) is 0 Å². The van der Waals surface area contributed by atoms with E-state index in [0.29, 0.717) is 19.3 Å². The van der Waals surface area contributed by atoms with E-state index in [1.54, 1.807) is 0 Å². The van der Waals surface area contributed by atoms with Gasteiger partial charge in [0.2, 0.25) is 0 Å². The van der Waals surface area contributed by atoms with Crippen molar-refractivity contribution in [3.8, 4) is 0 Å². The van der Waals surface area contributed by atoms with E-state index in [1.807, 2.05) is 0 Å². The highest BCUT2D eigenvalue weighted by Crippen LogP contribution is 2.16. The standard InChI is InChI=1S/C75H120O6/c1-4-7-10-13-16-19-22-25-28-29-30-31-32-33-34-35-36-37-38-39-40-41-42-43-44-45-48-50-53-56-59-62-65-68-74(77)80-71-72(81-75(78)69-66-63-60-57-54-51-47-27-24-21-18-15-12-9-6-3)70-79-73(76)67-64-61-58-55-52-49-46-26-23-20-17-14-11-8-5-2/h7-12,16-21,25-28,30-31,33-34,36-37,46-47,54,57,72H,4-6,13-15,22-24,29,32,35,38-45,48-53,55-56,58-71H2,1-3H3/b10-7-,11-8-,12-9-,19-16-,20-17-,21-18-,28-25-,31-30-,34-33-,37-36-,46-26-,47-27-,57-54-. The van der Waals surface area contributed by atoms with Crippen LogP contribution in [-0.4, -0.2) is 37.2 Å². The summed E-state index contributed by atoms with van der Waals surface area (Å²) in [7, 11) is 0. The predicted octanol–water partition coefficient (Wildman–Crippen LogP) is 22.9. The highest BCUT2D eigenvalue weighted by Gasteiger charge is 2.19. The minimum Gasteiger partial charge on any atom is -0.462 e. The summed E-state index contributed by atoms with van der Waals surface area (Å²) < 4.78 is 16.9. The molecule has 0 N–H and O–H groups in total. The highest BCUT2D eigenvalue weighted by atomic mass is 16.6. The van der Waals surface area contributed by atoms with Gasteiger partial charge in [-0.15, -0.1) is 0 Å². The van der Waals surface area contributed by atoms with Crippen LogP contribution in [0.25, 0.3) is 0 Å². The fourth-order valence-corrected chi connectivity index (χ4v) is 8.69. The third-order valence-electron chi connectivity index (χ3n) is 13.5. The van der Waals surface area contributed by atoms with E-state index in [1.165, 1.54) is 77.0 Å². The van der Waals surface area contributed by atoms with Crippen LogP contribution in [0, 0.1) is 0 Å². The molecule has 456 valence electrons. The lowest BCUT2D eigenvalue weighted by atomic mass is 10.0. The second kappa shape index (κ2) is 67.5. The molecule has 0 aromatic carbocycles. The molecular weight excluding hydrogens is 997 g/mol. The Morgan fingerprint density at radius 3 is 0.716 bits per heavy atom. The number of hydrogen-bond donors (Lipinski definition) is 0. The van der Waals surface area contributed by atoms with E-state index in [4.69, 9.17) is 14.2 Å². The summed E-state index contributed by atoms with van der Waals surface area (Å²) in [5.41, 5.74) is 0. The Balaban J connectivity index is 4.27. The second-order valence-corrected chi connectivity index (χ2v) is 21.2. The average molecular weight is 1120 g/mol. The molecule has 0 bridgehead atoms. The average Bonchev–Trinajstić information content (AvgIpc) is 3.47. The van der Waals surface area contributed by atoms with Gasteiger partial charge in [0, 0.05) is 19.3 Å². The van der Waals surface area contributed by atoms with Crippen LogP contribution in [0.1, 0.15) is 278 Å². The molecule has 0 saturated carbocycles. The molecule has 0 radical (unpaired) electrons. The quantitative estimate of drug-likeness (QED) is 0.0261. The molecule has 1 unspecified atom stereocenters. The molecule has 81 heavy (non-hydrogen) atoms. The number of carbonyl (C=O) groups is 3. The monoisotopic (exact) mass is 1120 g/mol. The predicted molar refractivity (Wildman–Crippen MR) is 352 cm³/mol. The van der Waals surface area contributed by atoms with Crippen LogP contribution in [0.4, 0.5) is 0 Å². The van der Waals surface area contributed by atoms with Crippen molar-refractivity contribution >= 4 is 17.9 Å². The van der Waals surface area contributed by atoms with E-state index in [9.17, 15) is 14.4 Å². The van der Waals surface area contributed by atoms with Crippen molar-refractivity contribution in [2.24, 2.45) is 0 Å². The number of carbonyl (C=O) groups excluding carboxylic acids is 3. The van der Waals surface area contributed by atoms with E-state index < -0.39 is 6.10 Å². The van der Waals surface area contributed by atoms with Crippen molar-refractivity contribution in [2.75, 3.05) is 13.2 Å². The topological polar surface area (TPSA) is 78.9 Å². The lowest BCUT2D eigenvalue weighted by Gasteiger charge is -2.18. The lowest BCUT2D eigenvalue weighted by Crippen LogP contribution is -2.30. The van der Waals surface area contributed by atoms with Crippen molar-refractivity contribution in [3.05, 3.63) is 158 Å². The van der Waals surface area contributed by atoms with Gasteiger partial charge in [-0.05, 0) is 141 Å². The van der Waals surface area contributed by atoms with Crippen molar-refractivity contribution in [2.45, 2.75) is 284 Å². The summed E-state index contributed by atoms with van der Waals surface area (Å²) >= 11 is 0. The highest BCUT2D eigenvalue weighted by molar-refractivity contribution is 5.71. The second-order valence-electron chi connectivity index (χ2n) is 21.2. The Morgan fingerprint density at radius 1 is 0.247 bits per heavy atom. The van der Waals surface area contributed by atoms with E-state index in [-0.39, 0.29) is 37.5 Å². The number of unbranched alkanes of at least 4 members (excludes halogenated alkanes) is 21. The summed E-state index contributed by atoms with van der Waals surface area (Å²) in [6.07, 6.45) is 98.4. The lowest BCUT2D eigenvalue weighted by molar-refractivity contribution is -0.167. The number of allylic oxidation sites excluding steroid dienone is 26. The number of ether oxygens (including phenoxy) is 3. The van der Waals surface area contributed by atoms with Crippen LogP contribution >= 0.6 is 0 Å². The van der Waals surface area contributed by atoms with Gasteiger partial charge in [0.25, 0.3) is 0 Å². The first kappa shape index (κ1) is 76.0. The molecule has 0 aliphatic carbocycles. The van der Waals surface area contributed by atoms with Gasteiger partial charge < -0.3 is 14.2 Å². The van der Waals surface area contributed by atoms with Gasteiger partial charge in [-0.2, -0.15) is 0 Å². The molecule has 0 fully saturated rings. The SMILES string of the molecule is CC/C=C\C/C=C\C/C=C\C/C=C\C/C=C\C/C=C\CCCCCCCCCCCCCCCCC(=O)OCC(COC(=O)CCCCCCC/C=C\C/C=C\C/C=C\CC)OC(=O)CCCC/C=C\C/C=C\C/C=C\C/C=C\CC. The smallest absolute Gasteiger partial charge is 0.306 e. The molecule has 0 aromatic rings. The Morgan fingerprint density at radius 2 is 0.444 bits per heavy atom. The van der Waals surface area contributed by atoms with Crippen LogP contribution in [0.3, 0.4) is 0 Å². The first-order chi connectivity index (χ1) is 40.0. The van der Waals surface area contributed by atoms with Crippen molar-refractivity contribution in [1.82, 2.24) is 0 Å². The molecule has 0 saturated heterocycles. The van der Waals surface area contributed by atoms with Gasteiger partial charge in [-0.25, -0.2) is 0 Å². The van der Waals surface area contributed by atoms with Crippen LogP contribution in [0.15, 0.2) is 158 Å². The summed E-state index contributed by atoms with van der Waals surface area (Å²) in [4.78, 5) is 38.3. The van der Waals surface area contributed by atoms with Crippen molar-refractivity contribution in [3.63, 3.8) is 0 Å². The summed E-state index contributed by atoms with van der Waals surface area (Å²) in [5.74, 6) is -0.966. The molecular formula is C75H120O6. The van der Waals surface area contributed by atoms with E-state index >= 15 is 0 Å². The molecule has 6 nitrogen and oxygen atoms in total. The van der Waals surface area contributed by atoms with Gasteiger partial charge in [0.05, 0.1) is 0 Å². The summed E-state index contributed by atoms with van der Waals surface area (Å²) in [5, 5.41) is 0. The van der Waals surface area contributed by atoms with E-state index in [0.717, 1.165) is 154 Å². The van der Waals surface area contributed by atoms with Crippen molar-refractivity contribution < 1.29 is 28.6 Å². The molecule has 0 heterocycles. The Labute approximate surface area is 499 Å². The zero-order valence-electron chi connectivity index (χ0n) is 52.2. The molecule has 0 spiro atoms. The van der Waals surface area contributed by atoms with Gasteiger partial charge in [0.1, 0.15) is 13.2 Å². The maximum Gasteiger partial charge on any atom is 0.306 e. The largest absolute Gasteiger partial charge is 0.462 e. The molecule has 0 rings (SSSR count). The maximum absolute atomic E-state index is 12.9. The zero-order chi connectivity index (χ0) is 58.5. The van der Waals surface area contributed by atoms with Crippen LogP contribution in [0.5, 0.6) is 0 Å². The molecule has 0 aromatic heterocycles. The van der Waals surface area contributed by atoms with Gasteiger partial charge in [-0.1, -0.05) is 275 Å². The normalized spacial score (nSPS) is 13.2. The minimum atomic E-state index is -0.814. The number of rotatable bonds is 58. The Kier molecular flexibility index (Phi) is 63.4.